The smallest absolute Gasteiger partial charge is 0.221 e. The van der Waals surface area contributed by atoms with E-state index in [1.807, 2.05) is 18.2 Å². The van der Waals surface area contributed by atoms with Crippen LogP contribution in [0.2, 0.25) is 0 Å². The number of halogens is 1. The Morgan fingerprint density at radius 3 is 2.52 bits per heavy atom. The molecule has 5 heteroatoms. The number of benzene rings is 2. The van der Waals surface area contributed by atoms with E-state index in [9.17, 15) is 9.18 Å². The maximum Gasteiger partial charge on any atom is 0.221 e. The Bertz CT molecular complexity index is 1000. The molecule has 0 atom stereocenters. The number of nitrogens with zero attached hydrogens (tertiary/aromatic N) is 2. The van der Waals surface area contributed by atoms with Crippen molar-refractivity contribution in [3.63, 3.8) is 0 Å². The van der Waals surface area contributed by atoms with Crippen molar-refractivity contribution in [1.29, 1.82) is 0 Å². The van der Waals surface area contributed by atoms with E-state index in [1.165, 1.54) is 41.2 Å². The molecule has 1 amide bonds. The number of piperidine rings is 1. The van der Waals surface area contributed by atoms with Gasteiger partial charge in [-0.2, -0.15) is 0 Å². The van der Waals surface area contributed by atoms with Crippen LogP contribution in [0.25, 0.3) is 10.9 Å². The SMILES string of the molecule is CC(=O)Nc1ccc2cc(C)n(C3CCN(CCc4ccc(F)cc4)CC3)c2c1. The summed E-state index contributed by atoms with van der Waals surface area (Å²) in [5, 5.41) is 4.11. The normalized spacial score (nSPS) is 15.7. The summed E-state index contributed by atoms with van der Waals surface area (Å²) in [6, 6.07) is 15.7. The van der Waals surface area contributed by atoms with Crippen LogP contribution in [0.4, 0.5) is 10.1 Å². The highest BCUT2D eigenvalue weighted by molar-refractivity contribution is 5.92. The van der Waals surface area contributed by atoms with Crippen molar-refractivity contribution in [2.75, 3.05) is 25.0 Å². The third kappa shape index (κ3) is 4.51. The maximum absolute atomic E-state index is 13.1. The first-order valence-corrected chi connectivity index (χ1v) is 10.4. The molecule has 2 aromatic carbocycles. The minimum Gasteiger partial charge on any atom is -0.342 e. The molecule has 29 heavy (non-hydrogen) atoms. The molecule has 1 N–H and O–H groups in total. The summed E-state index contributed by atoms with van der Waals surface area (Å²) in [5.41, 5.74) is 4.50. The van der Waals surface area contributed by atoms with Crippen molar-refractivity contribution in [1.82, 2.24) is 9.47 Å². The van der Waals surface area contributed by atoms with Crippen molar-refractivity contribution in [2.24, 2.45) is 0 Å². The van der Waals surface area contributed by atoms with Gasteiger partial charge in [0.2, 0.25) is 5.91 Å². The van der Waals surface area contributed by atoms with E-state index in [0.29, 0.717) is 6.04 Å². The predicted octanol–water partition coefficient (Wildman–Crippen LogP) is 4.93. The number of hydrogen-bond acceptors (Lipinski definition) is 2. The first kappa shape index (κ1) is 19.6. The molecule has 0 spiro atoms. The van der Waals surface area contributed by atoms with E-state index in [1.54, 1.807) is 0 Å². The third-order valence-corrected chi connectivity index (χ3v) is 5.91. The molecule has 1 aromatic heterocycles. The highest BCUT2D eigenvalue weighted by atomic mass is 19.1. The predicted molar refractivity (Wildman–Crippen MR) is 116 cm³/mol. The van der Waals surface area contributed by atoms with Gasteiger partial charge >= 0.3 is 0 Å². The van der Waals surface area contributed by atoms with E-state index >= 15 is 0 Å². The number of rotatable bonds is 5. The lowest BCUT2D eigenvalue weighted by atomic mass is 10.0. The van der Waals surface area contributed by atoms with E-state index in [0.717, 1.165) is 44.6 Å². The Balaban J connectivity index is 1.42. The van der Waals surface area contributed by atoms with Gasteiger partial charge < -0.3 is 14.8 Å². The topological polar surface area (TPSA) is 37.3 Å². The zero-order valence-electron chi connectivity index (χ0n) is 17.1. The van der Waals surface area contributed by atoms with Crippen LogP contribution >= 0.6 is 0 Å². The van der Waals surface area contributed by atoms with Gasteiger partial charge in [0.15, 0.2) is 0 Å². The first-order valence-electron chi connectivity index (χ1n) is 10.4. The summed E-state index contributed by atoms with van der Waals surface area (Å²) in [4.78, 5) is 13.9. The van der Waals surface area contributed by atoms with Gasteiger partial charge in [-0.05, 0) is 62.1 Å². The number of amides is 1. The summed E-state index contributed by atoms with van der Waals surface area (Å²) in [7, 11) is 0. The molecular weight excluding hydrogens is 365 g/mol. The number of nitrogens with one attached hydrogen (secondary N) is 1. The molecule has 4 rings (SSSR count). The van der Waals surface area contributed by atoms with Gasteiger partial charge in [0.1, 0.15) is 5.82 Å². The molecule has 152 valence electrons. The number of hydrogen-bond donors (Lipinski definition) is 1. The zero-order chi connectivity index (χ0) is 20.4. The van der Waals surface area contributed by atoms with E-state index in [2.05, 4.69) is 39.9 Å². The molecule has 1 aliphatic rings. The largest absolute Gasteiger partial charge is 0.342 e. The molecule has 0 radical (unpaired) electrons. The monoisotopic (exact) mass is 393 g/mol. The lowest BCUT2D eigenvalue weighted by molar-refractivity contribution is -0.114. The van der Waals surface area contributed by atoms with E-state index < -0.39 is 0 Å². The van der Waals surface area contributed by atoms with Crippen LogP contribution in [-0.4, -0.2) is 35.0 Å². The van der Waals surface area contributed by atoms with E-state index in [-0.39, 0.29) is 11.7 Å². The van der Waals surface area contributed by atoms with Crippen molar-refractivity contribution >= 4 is 22.5 Å². The average molecular weight is 394 g/mol. The lowest BCUT2D eigenvalue weighted by Crippen LogP contribution is -2.36. The van der Waals surface area contributed by atoms with Crippen molar-refractivity contribution in [2.45, 2.75) is 39.2 Å². The molecule has 0 aliphatic carbocycles. The van der Waals surface area contributed by atoms with Gasteiger partial charge in [0.05, 0.1) is 5.52 Å². The number of carbonyl (C=O) groups is 1. The van der Waals surface area contributed by atoms with Crippen LogP contribution in [-0.2, 0) is 11.2 Å². The summed E-state index contributed by atoms with van der Waals surface area (Å²) in [5.74, 6) is -0.223. The number of aryl methyl sites for hydroxylation is 1. The van der Waals surface area contributed by atoms with Crippen LogP contribution in [0.1, 0.15) is 37.1 Å². The Morgan fingerprint density at radius 2 is 1.83 bits per heavy atom. The Kier molecular flexibility index (Phi) is 5.67. The summed E-state index contributed by atoms with van der Waals surface area (Å²) < 4.78 is 15.5. The van der Waals surface area contributed by atoms with Gasteiger partial charge in [0, 0.05) is 49.4 Å². The summed E-state index contributed by atoms with van der Waals surface area (Å²) in [6.07, 6.45) is 3.17. The van der Waals surface area contributed by atoms with Gasteiger partial charge in [-0.3, -0.25) is 4.79 Å². The van der Waals surface area contributed by atoms with Crippen LogP contribution in [0.5, 0.6) is 0 Å². The minimum atomic E-state index is -0.175. The highest BCUT2D eigenvalue weighted by Crippen LogP contribution is 2.31. The maximum atomic E-state index is 13.1. The first-order chi connectivity index (χ1) is 14.0. The Hall–Kier alpha value is -2.66. The fraction of sp³-hybridized carbons (Fsp3) is 0.375. The van der Waals surface area contributed by atoms with Crippen LogP contribution in [0.15, 0.2) is 48.5 Å². The number of likely N-dealkylation sites (tertiary alicyclic amines) is 1. The molecule has 1 fully saturated rings. The number of fused-ring (bicyclic) bond motifs is 1. The molecule has 0 bridgehead atoms. The fourth-order valence-corrected chi connectivity index (χ4v) is 4.46. The Morgan fingerprint density at radius 1 is 1.10 bits per heavy atom. The molecular formula is C24H28FN3O. The van der Waals surface area contributed by atoms with Gasteiger partial charge in [0.25, 0.3) is 0 Å². The summed E-state index contributed by atoms with van der Waals surface area (Å²) in [6.45, 7) is 6.85. The van der Waals surface area contributed by atoms with Crippen molar-refractivity contribution in [3.8, 4) is 0 Å². The van der Waals surface area contributed by atoms with Gasteiger partial charge in [-0.25, -0.2) is 4.39 Å². The molecule has 4 nitrogen and oxygen atoms in total. The molecule has 3 aromatic rings. The second-order valence-electron chi connectivity index (χ2n) is 8.06. The second kappa shape index (κ2) is 8.37. The van der Waals surface area contributed by atoms with E-state index in [4.69, 9.17) is 0 Å². The second-order valence-corrected chi connectivity index (χ2v) is 8.06. The molecule has 2 heterocycles. The van der Waals surface area contributed by atoms with Crippen LogP contribution in [0.3, 0.4) is 0 Å². The number of anilines is 1. The number of carbonyl (C=O) groups excluding carboxylic acids is 1. The van der Waals surface area contributed by atoms with Gasteiger partial charge in [-0.15, -0.1) is 0 Å². The van der Waals surface area contributed by atoms with Gasteiger partial charge in [-0.1, -0.05) is 18.2 Å². The minimum absolute atomic E-state index is 0.0476. The van der Waals surface area contributed by atoms with Crippen molar-refractivity contribution in [3.05, 3.63) is 65.6 Å². The zero-order valence-corrected chi connectivity index (χ0v) is 17.1. The Labute approximate surface area is 171 Å². The number of aromatic nitrogens is 1. The molecule has 1 aliphatic heterocycles. The van der Waals surface area contributed by atoms with Crippen molar-refractivity contribution < 1.29 is 9.18 Å². The lowest BCUT2D eigenvalue weighted by Gasteiger charge is -2.34. The summed E-state index contributed by atoms with van der Waals surface area (Å²) >= 11 is 0. The van der Waals surface area contributed by atoms with Crippen LogP contribution in [0, 0.1) is 12.7 Å². The fourth-order valence-electron chi connectivity index (χ4n) is 4.46. The third-order valence-electron chi connectivity index (χ3n) is 5.91. The molecule has 0 unspecified atom stereocenters. The molecule has 1 saturated heterocycles. The quantitative estimate of drug-likeness (QED) is 0.668. The standard InChI is InChI=1S/C24H28FN3O/c1-17-15-20-5-8-22(26-18(2)29)16-24(20)28(17)23-10-13-27(14-11-23)12-9-19-3-6-21(25)7-4-19/h3-8,15-16,23H,9-14H2,1-2H3,(H,26,29). The average Bonchev–Trinajstić information content (AvgIpc) is 3.02. The highest BCUT2D eigenvalue weighted by Gasteiger charge is 2.22. The van der Waals surface area contributed by atoms with Crippen LogP contribution < -0.4 is 5.32 Å². The molecule has 0 saturated carbocycles.